The lowest BCUT2D eigenvalue weighted by Gasteiger charge is -2.24. The number of carbonyl (C=O) groups excluding carboxylic acids is 2. The summed E-state index contributed by atoms with van der Waals surface area (Å²) >= 11 is 0. The summed E-state index contributed by atoms with van der Waals surface area (Å²) in [6, 6.07) is 0. The number of esters is 2. The Morgan fingerprint density at radius 3 is 0.924 bits per heavy atom. The van der Waals surface area contributed by atoms with Gasteiger partial charge in [-0.15, -0.1) is 0 Å². The third kappa shape index (κ3) is 77.0. The minimum Gasteiger partial charge on any atom is -0.462 e. The fraction of sp³-hybridized carbons (Fsp3) is 0.878. The Morgan fingerprint density at radius 2 is 0.620 bits per heavy atom. The van der Waals surface area contributed by atoms with Gasteiger partial charge in [-0.3, -0.25) is 18.6 Å². The molecule has 0 fully saturated rings. The Balaban J connectivity index is 3.89. The summed E-state index contributed by atoms with van der Waals surface area (Å²) in [7, 11) is 1.50. The molecule has 0 heterocycles. The zero-order valence-electron chi connectivity index (χ0n) is 62.1. The normalized spacial score (nSPS) is 13.2. The van der Waals surface area contributed by atoms with E-state index in [4.69, 9.17) is 18.5 Å². The molecule has 0 saturated heterocycles. The van der Waals surface area contributed by atoms with Crippen molar-refractivity contribution in [1.29, 1.82) is 0 Å². The molecule has 0 aromatic heterocycles. The molecule has 0 aliphatic carbocycles. The van der Waals surface area contributed by atoms with Crippen molar-refractivity contribution in [3.8, 4) is 0 Å². The first-order valence-corrected chi connectivity index (χ1v) is 41.9. The average molecular weight is 1320 g/mol. The number of rotatable bonds is 76. The van der Waals surface area contributed by atoms with E-state index in [9.17, 15) is 19.0 Å². The van der Waals surface area contributed by atoms with Gasteiger partial charge in [0.15, 0.2) is 6.10 Å². The fourth-order valence-electron chi connectivity index (χ4n) is 12.3. The monoisotopic (exact) mass is 1320 g/mol. The van der Waals surface area contributed by atoms with Gasteiger partial charge in [-0.2, -0.15) is 0 Å². The van der Waals surface area contributed by atoms with Crippen LogP contribution in [0.25, 0.3) is 0 Å². The van der Waals surface area contributed by atoms with Crippen LogP contribution in [0.2, 0.25) is 0 Å². The van der Waals surface area contributed by atoms with Gasteiger partial charge < -0.3 is 18.9 Å². The molecule has 0 aromatic rings. The van der Waals surface area contributed by atoms with E-state index in [1.807, 2.05) is 21.1 Å². The minimum absolute atomic E-state index is 0.0353. The van der Waals surface area contributed by atoms with E-state index in [1.165, 1.54) is 321 Å². The number of phosphoric ester groups is 1. The van der Waals surface area contributed by atoms with E-state index in [1.54, 1.807) is 0 Å². The van der Waals surface area contributed by atoms with Crippen molar-refractivity contribution < 1.29 is 42.1 Å². The minimum atomic E-state index is -4.39. The van der Waals surface area contributed by atoms with Gasteiger partial charge in [0.05, 0.1) is 27.7 Å². The maximum atomic E-state index is 12.9. The summed E-state index contributed by atoms with van der Waals surface area (Å²) < 4.78 is 34.8. The quantitative estimate of drug-likeness (QED) is 0.0211. The maximum Gasteiger partial charge on any atom is 0.472 e. The predicted octanol–water partition coefficient (Wildman–Crippen LogP) is 26.7. The Bertz CT molecular complexity index is 1690. The Hall–Kier alpha value is -2.03. The molecule has 542 valence electrons. The molecule has 0 spiro atoms. The first kappa shape index (κ1) is 90.0. The van der Waals surface area contributed by atoms with Gasteiger partial charge in [-0.05, 0) is 51.4 Å². The summed E-state index contributed by atoms with van der Waals surface area (Å²) in [5.41, 5.74) is 0. The van der Waals surface area contributed by atoms with Gasteiger partial charge in [0, 0.05) is 12.8 Å². The van der Waals surface area contributed by atoms with Crippen molar-refractivity contribution in [2.45, 2.75) is 418 Å². The van der Waals surface area contributed by atoms with Crippen molar-refractivity contribution in [3.63, 3.8) is 0 Å². The SMILES string of the molecule is CC/C=C\C/C=C\C/C=C\C/C=C\CCCCCCCCCCCCCCCCCCCCCCCCCCC(=O)OC(COC(=O)CCCCCCCCCCCCCCCCCCCCCCCCCCCCCCCCC)COP(=O)(O)OCC[N+](C)(C)C. The maximum absolute atomic E-state index is 12.9. The summed E-state index contributed by atoms with van der Waals surface area (Å²) in [6.45, 7) is 4.41. The number of carbonyl (C=O) groups is 2. The standard InChI is InChI=1S/C82H156NO8P/c1-6-8-10-12-14-16-18-20-22-24-26-28-30-32-34-36-38-39-40-41-42-43-45-47-49-51-53-55-57-59-61-63-65-67-69-71-73-75-82(85)91-80(79-90-92(86,87)89-77-76-83(3,4)5)78-88-81(84)74-72-70-68-66-64-62-60-58-56-54-52-50-48-46-44-37-35-33-31-29-27-25-23-21-19-17-15-13-11-9-7-2/h8,10,14,16,20,22,26,28,80H,6-7,9,11-13,15,17-19,21,23-25,27,29-79H2,1-5H3/p+1/b10-8-,16-14-,22-20-,28-26-. The van der Waals surface area contributed by atoms with Gasteiger partial charge in [-0.1, -0.05) is 396 Å². The first-order chi connectivity index (χ1) is 45.0. The number of ether oxygens (including phenoxy) is 2. The van der Waals surface area contributed by atoms with Crippen molar-refractivity contribution in [2.24, 2.45) is 0 Å². The van der Waals surface area contributed by atoms with Gasteiger partial charge in [0.25, 0.3) is 0 Å². The second kappa shape index (κ2) is 73.2. The Morgan fingerprint density at radius 1 is 0.348 bits per heavy atom. The van der Waals surface area contributed by atoms with Crippen LogP contribution in [0, 0.1) is 0 Å². The van der Waals surface area contributed by atoms with E-state index in [0.29, 0.717) is 23.9 Å². The van der Waals surface area contributed by atoms with Crippen LogP contribution >= 0.6 is 7.82 Å². The summed E-state index contributed by atoms with van der Waals surface area (Å²) in [5.74, 6) is -0.770. The lowest BCUT2D eigenvalue weighted by Crippen LogP contribution is -2.37. The molecule has 1 N–H and O–H groups in total. The first-order valence-electron chi connectivity index (χ1n) is 40.4. The van der Waals surface area contributed by atoms with Gasteiger partial charge in [0.1, 0.15) is 19.8 Å². The molecule has 0 aliphatic heterocycles. The van der Waals surface area contributed by atoms with Crippen LogP contribution < -0.4 is 0 Å². The summed E-state index contributed by atoms with van der Waals surface area (Å²) in [4.78, 5) is 36.0. The van der Waals surface area contributed by atoms with Crippen LogP contribution in [-0.4, -0.2) is 74.9 Å². The highest BCUT2D eigenvalue weighted by molar-refractivity contribution is 7.47. The number of allylic oxidation sites excluding steroid dienone is 8. The van der Waals surface area contributed by atoms with E-state index in [0.717, 1.165) is 57.8 Å². The van der Waals surface area contributed by atoms with E-state index >= 15 is 0 Å². The van der Waals surface area contributed by atoms with Crippen molar-refractivity contribution in [2.75, 3.05) is 47.5 Å². The molecule has 2 atom stereocenters. The van der Waals surface area contributed by atoms with E-state index in [2.05, 4.69) is 62.5 Å². The molecular formula is C82H157NO8P+. The van der Waals surface area contributed by atoms with Crippen LogP contribution in [0.4, 0.5) is 0 Å². The second-order valence-electron chi connectivity index (χ2n) is 28.8. The predicted molar refractivity (Wildman–Crippen MR) is 400 cm³/mol. The zero-order valence-corrected chi connectivity index (χ0v) is 63.0. The number of quaternary nitrogens is 1. The van der Waals surface area contributed by atoms with Crippen LogP contribution in [0.1, 0.15) is 412 Å². The van der Waals surface area contributed by atoms with Crippen LogP contribution in [0.15, 0.2) is 48.6 Å². The molecular weight excluding hydrogens is 1160 g/mol. The molecule has 0 saturated carbocycles. The van der Waals surface area contributed by atoms with Gasteiger partial charge in [-0.25, -0.2) is 4.57 Å². The number of hydrogen-bond acceptors (Lipinski definition) is 7. The lowest BCUT2D eigenvalue weighted by atomic mass is 10.0. The molecule has 9 nitrogen and oxygen atoms in total. The smallest absolute Gasteiger partial charge is 0.462 e. The number of hydrogen-bond donors (Lipinski definition) is 1. The molecule has 2 unspecified atom stereocenters. The number of phosphoric acid groups is 1. The molecule has 0 aliphatic rings. The third-order valence-corrected chi connectivity index (χ3v) is 19.4. The van der Waals surface area contributed by atoms with Gasteiger partial charge in [0.2, 0.25) is 0 Å². The van der Waals surface area contributed by atoms with Crippen LogP contribution in [-0.2, 0) is 32.7 Å². The summed E-state index contributed by atoms with van der Waals surface area (Å²) in [6.07, 6.45) is 97.0. The molecule has 0 amide bonds. The summed E-state index contributed by atoms with van der Waals surface area (Å²) in [5, 5.41) is 0. The third-order valence-electron chi connectivity index (χ3n) is 18.4. The number of nitrogens with zero attached hydrogens (tertiary/aromatic N) is 1. The number of unbranched alkanes of at least 4 members (excludes halogenated alkanes) is 54. The lowest BCUT2D eigenvalue weighted by molar-refractivity contribution is -0.870. The second-order valence-corrected chi connectivity index (χ2v) is 30.2. The highest BCUT2D eigenvalue weighted by atomic mass is 31.2. The average Bonchev–Trinajstić information content (AvgIpc) is 2.34. The molecule has 0 radical (unpaired) electrons. The van der Waals surface area contributed by atoms with Crippen LogP contribution in [0.3, 0.4) is 0 Å². The zero-order chi connectivity index (χ0) is 66.9. The van der Waals surface area contributed by atoms with Crippen molar-refractivity contribution in [3.05, 3.63) is 48.6 Å². The Labute approximate surface area is 573 Å². The van der Waals surface area contributed by atoms with Gasteiger partial charge >= 0.3 is 19.8 Å². The van der Waals surface area contributed by atoms with Crippen LogP contribution in [0.5, 0.6) is 0 Å². The molecule has 0 rings (SSSR count). The molecule has 0 bridgehead atoms. The highest BCUT2D eigenvalue weighted by Crippen LogP contribution is 2.43. The van der Waals surface area contributed by atoms with Crippen molar-refractivity contribution in [1.82, 2.24) is 0 Å². The number of likely N-dealkylation sites (N-methyl/N-ethyl adjacent to an activating group) is 1. The topological polar surface area (TPSA) is 108 Å². The molecule has 92 heavy (non-hydrogen) atoms. The Kier molecular flexibility index (Phi) is 71.6. The van der Waals surface area contributed by atoms with Crippen molar-refractivity contribution >= 4 is 19.8 Å². The van der Waals surface area contributed by atoms with E-state index in [-0.39, 0.29) is 25.6 Å². The highest BCUT2D eigenvalue weighted by Gasteiger charge is 2.27. The van der Waals surface area contributed by atoms with E-state index < -0.39 is 26.5 Å². The largest absolute Gasteiger partial charge is 0.472 e. The fourth-order valence-corrected chi connectivity index (χ4v) is 13.0. The molecule has 10 heteroatoms. The molecule has 0 aromatic carbocycles.